The lowest BCUT2D eigenvalue weighted by atomic mass is 10.1. The minimum absolute atomic E-state index is 0.621. The number of benzene rings is 2. The zero-order chi connectivity index (χ0) is 14.7. The Kier molecular flexibility index (Phi) is 3.48. The van der Waals surface area contributed by atoms with E-state index in [0.29, 0.717) is 12.1 Å². The molecule has 0 fully saturated rings. The van der Waals surface area contributed by atoms with Gasteiger partial charge in [0.25, 0.3) is 0 Å². The Morgan fingerprint density at radius 1 is 1.14 bits per heavy atom. The number of nitrogens with one attached hydrogen (secondary N) is 1. The highest BCUT2D eigenvalue weighted by atomic mass is 15.0. The van der Waals surface area contributed by atoms with Crippen molar-refractivity contribution >= 4 is 16.7 Å². The maximum absolute atomic E-state index is 8.93. The summed E-state index contributed by atoms with van der Waals surface area (Å²) in [4.78, 5) is 8.63. The van der Waals surface area contributed by atoms with Crippen LogP contribution in [0.1, 0.15) is 16.7 Å². The molecule has 102 valence electrons. The SMILES string of the molecule is Cc1cccc2ncnc(NCc3cccc(C#N)c3)c12. The highest BCUT2D eigenvalue weighted by Crippen LogP contribution is 2.23. The highest BCUT2D eigenvalue weighted by molar-refractivity contribution is 5.91. The standard InChI is InChI=1S/C17H14N4/c1-12-4-2-7-15-16(12)17(21-11-20-15)19-10-14-6-3-5-13(8-14)9-18/h2-8,11H,10H2,1H3,(H,19,20,21). The molecule has 4 nitrogen and oxygen atoms in total. The maximum Gasteiger partial charge on any atom is 0.137 e. The molecular weight excluding hydrogens is 260 g/mol. The van der Waals surface area contributed by atoms with Crippen LogP contribution in [0.4, 0.5) is 5.82 Å². The highest BCUT2D eigenvalue weighted by Gasteiger charge is 2.06. The van der Waals surface area contributed by atoms with Crippen molar-refractivity contribution in [3.63, 3.8) is 0 Å². The number of aryl methyl sites for hydroxylation is 1. The van der Waals surface area contributed by atoms with Crippen molar-refractivity contribution in [1.29, 1.82) is 5.26 Å². The van der Waals surface area contributed by atoms with Crippen molar-refractivity contribution in [2.45, 2.75) is 13.5 Å². The predicted molar refractivity (Wildman–Crippen MR) is 82.8 cm³/mol. The van der Waals surface area contributed by atoms with Gasteiger partial charge in [-0.1, -0.05) is 24.3 Å². The molecule has 0 unspecified atom stereocenters. The van der Waals surface area contributed by atoms with Crippen LogP contribution in [-0.4, -0.2) is 9.97 Å². The molecule has 21 heavy (non-hydrogen) atoms. The van der Waals surface area contributed by atoms with E-state index in [2.05, 4.69) is 21.4 Å². The Bertz CT molecular complexity index is 828. The summed E-state index contributed by atoms with van der Waals surface area (Å²) in [6.45, 7) is 2.67. The molecule has 0 aliphatic carbocycles. The number of hydrogen-bond donors (Lipinski definition) is 1. The quantitative estimate of drug-likeness (QED) is 0.795. The fourth-order valence-corrected chi connectivity index (χ4v) is 2.35. The number of anilines is 1. The van der Waals surface area contributed by atoms with Gasteiger partial charge in [-0.25, -0.2) is 9.97 Å². The third-order valence-electron chi connectivity index (χ3n) is 3.39. The monoisotopic (exact) mass is 274 g/mol. The Hall–Kier alpha value is -2.93. The first-order valence-corrected chi connectivity index (χ1v) is 6.71. The topological polar surface area (TPSA) is 61.6 Å². The molecule has 4 heteroatoms. The summed E-state index contributed by atoms with van der Waals surface area (Å²) in [6, 6.07) is 15.7. The Morgan fingerprint density at radius 3 is 2.86 bits per heavy atom. The van der Waals surface area contributed by atoms with Crippen LogP contribution in [0.15, 0.2) is 48.8 Å². The molecule has 2 aromatic carbocycles. The zero-order valence-electron chi connectivity index (χ0n) is 11.7. The van der Waals surface area contributed by atoms with Crippen LogP contribution in [0.5, 0.6) is 0 Å². The van der Waals surface area contributed by atoms with Crippen molar-refractivity contribution in [2.24, 2.45) is 0 Å². The van der Waals surface area contributed by atoms with Crippen molar-refractivity contribution in [3.05, 3.63) is 65.5 Å². The normalized spacial score (nSPS) is 10.3. The van der Waals surface area contributed by atoms with Gasteiger partial charge in [0, 0.05) is 11.9 Å². The van der Waals surface area contributed by atoms with Crippen LogP contribution in [0, 0.1) is 18.3 Å². The van der Waals surface area contributed by atoms with E-state index in [9.17, 15) is 0 Å². The first-order valence-electron chi connectivity index (χ1n) is 6.71. The van der Waals surface area contributed by atoms with Crippen molar-refractivity contribution in [2.75, 3.05) is 5.32 Å². The van der Waals surface area contributed by atoms with E-state index in [1.807, 2.05) is 43.3 Å². The molecule has 1 heterocycles. The summed E-state index contributed by atoms with van der Waals surface area (Å²) < 4.78 is 0. The first-order chi connectivity index (χ1) is 10.3. The minimum Gasteiger partial charge on any atom is -0.365 e. The van der Waals surface area contributed by atoms with Crippen molar-refractivity contribution < 1.29 is 0 Å². The van der Waals surface area contributed by atoms with Gasteiger partial charge in [0.05, 0.1) is 17.1 Å². The molecule has 0 saturated carbocycles. The number of aromatic nitrogens is 2. The molecule has 0 bridgehead atoms. The number of fused-ring (bicyclic) bond motifs is 1. The second kappa shape index (κ2) is 5.59. The Morgan fingerprint density at radius 2 is 2.00 bits per heavy atom. The number of rotatable bonds is 3. The van der Waals surface area contributed by atoms with Crippen LogP contribution >= 0.6 is 0 Å². The van der Waals surface area contributed by atoms with E-state index < -0.39 is 0 Å². The molecule has 0 atom stereocenters. The molecule has 0 radical (unpaired) electrons. The molecule has 0 aliphatic heterocycles. The van der Waals surface area contributed by atoms with E-state index in [-0.39, 0.29) is 0 Å². The lowest BCUT2D eigenvalue weighted by Gasteiger charge is -2.10. The number of nitrogens with zero attached hydrogens (tertiary/aromatic N) is 3. The van der Waals surface area contributed by atoms with E-state index in [1.54, 1.807) is 12.4 Å². The van der Waals surface area contributed by atoms with Gasteiger partial charge in [0.1, 0.15) is 12.1 Å². The predicted octanol–water partition coefficient (Wildman–Crippen LogP) is 3.42. The van der Waals surface area contributed by atoms with E-state index in [0.717, 1.165) is 27.8 Å². The van der Waals surface area contributed by atoms with Gasteiger partial charge >= 0.3 is 0 Å². The fraction of sp³-hybridized carbons (Fsp3) is 0.118. The molecule has 3 aromatic rings. The third kappa shape index (κ3) is 2.67. The van der Waals surface area contributed by atoms with Crippen LogP contribution in [0.25, 0.3) is 10.9 Å². The number of nitriles is 1. The minimum atomic E-state index is 0.621. The van der Waals surface area contributed by atoms with E-state index >= 15 is 0 Å². The average molecular weight is 274 g/mol. The van der Waals surface area contributed by atoms with Gasteiger partial charge in [-0.15, -0.1) is 0 Å². The third-order valence-corrected chi connectivity index (χ3v) is 3.39. The molecular formula is C17H14N4. The van der Waals surface area contributed by atoms with E-state index in [1.165, 1.54) is 0 Å². The summed E-state index contributed by atoms with van der Waals surface area (Å²) in [7, 11) is 0. The zero-order valence-corrected chi connectivity index (χ0v) is 11.7. The van der Waals surface area contributed by atoms with Gasteiger partial charge in [-0.3, -0.25) is 0 Å². The van der Waals surface area contributed by atoms with Gasteiger partial charge in [-0.2, -0.15) is 5.26 Å². The second-order valence-corrected chi connectivity index (χ2v) is 4.86. The van der Waals surface area contributed by atoms with Gasteiger partial charge < -0.3 is 5.32 Å². The second-order valence-electron chi connectivity index (χ2n) is 4.86. The molecule has 1 N–H and O–H groups in total. The molecule has 0 saturated heterocycles. The molecule has 1 aromatic heterocycles. The van der Waals surface area contributed by atoms with Gasteiger partial charge in [0.2, 0.25) is 0 Å². The van der Waals surface area contributed by atoms with Crippen LogP contribution in [0.3, 0.4) is 0 Å². The van der Waals surface area contributed by atoms with Crippen LogP contribution in [0.2, 0.25) is 0 Å². The molecule has 0 spiro atoms. The summed E-state index contributed by atoms with van der Waals surface area (Å²) in [5, 5.41) is 13.3. The van der Waals surface area contributed by atoms with Gasteiger partial charge in [-0.05, 0) is 36.2 Å². The summed E-state index contributed by atoms with van der Waals surface area (Å²) in [6.07, 6.45) is 1.57. The summed E-state index contributed by atoms with van der Waals surface area (Å²) >= 11 is 0. The first kappa shape index (κ1) is 13.1. The smallest absolute Gasteiger partial charge is 0.137 e. The Labute approximate surface area is 123 Å². The molecule has 3 rings (SSSR count). The Balaban J connectivity index is 1.90. The molecule has 0 amide bonds. The summed E-state index contributed by atoms with van der Waals surface area (Å²) in [5.41, 5.74) is 3.78. The van der Waals surface area contributed by atoms with Crippen molar-refractivity contribution in [1.82, 2.24) is 9.97 Å². The molecule has 0 aliphatic rings. The van der Waals surface area contributed by atoms with Gasteiger partial charge in [0.15, 0.2) is 0 Å². The lowest BCUT2D eigenvalue weighted by molar-refractivity contribution is 1.10. The average Bonchev–Trinajstić information content (AvgIpc) is 2.53. The lowest BCUT2D eigenvalue weighted by Crippen LogP contribution is -2.03. The van der Waals surface area contributed by atoms with E-state index in [4.69, 9.17) is 5.26 Å². The maximum atomic E-state index is 8.93. The van der Waals surface area contributed by atoms with Crippen molar-refractivity contribution in [3.8, 4) is 6.07 Å². The van der Waals surface area contributed by atoms with Crippen LogP contribution < -0.4 is 5.32 Å². The fourth-order valence-electron chi connectivity index (χ4n) is 2.35. The largest absolute Gasteiger partial charge is 0.365 e. The van der Waals surface area contributed by atoms with Crippen LogP contribution in [-0.2, 0) is 6.54 Å². The summed E-state index contributed by atoms with van der Waals surface area (Å²) in [5.74, 6) is 0.820. The number of hydrogen-bond acceptors (Lipinski definition) is 4.